The molecule has 1 N–H and O–H groups in total. The van der Waals surface area contributed by atoms with Crippen molar-refractivity contribution in [1.82, 2.24) is 14.9 Å². The van der Waals surface area contributed by atoms with Crippen LogP contribution in [0.2, 0.25) is 0 Å². The van der Waals surface area contributed by atoms with E-state index in [0.717, 1.165) is 55.4 Å². The number of H-pyrrole nitrogens is 1. The van der Waals surface area contributed by atoms with Crippen LogP contribution in [-0.2, 0) is 17.9 Å². The third-order valence-electron chi connectivity index (χ3n) is 4.91. The van der Waals surface area contributed by atoms with Crippen LogP contribution in [0.25, 0.3) is 0 Å². The van der Waals surface area contributed by atoms with E-state index >= 15 is 0 Å². The number of likely N-dealkylation sites (tertiary alicyclic amines) is 1. The van der Waals surface area contributed by atoms with E-state index < -0.39 is 0 Å². The van der Waals surface area contributed by atoms with Crippen LogP contribution in [0.4, 0.5) is 0 Å². The molecule has 2 aromatic rings. The number of nitrogens with one attached hydrogen (secondary N) is 1. The van der Waals surface area contributed by atoms with Crippen molar-refractivity contribution >= 4 is 0 Å². The van der Waals surface area contributed by atoms with Crippen molar-refractivity contribution in [3.63, 3.8) is 0 Å². The predicted molar refractivity (Wildman–Crippen MR) is 102 cm³/mol. The SMILES string of the molecule is COCc1cc(=O)[nH]c([C@H]2CCCN(Cc3c(OC)cccc3OC)C2)n1. The molecule has 2 heterocycles. The molecule has 7 heteroatoms. The summed E-state index contributed by atoms with van der Waals surface area (Å²) in [5.41, 5.74) is 1.58. The molecule has 0 radical (unpaired) electrons. The fourth-order valence-corrected chi connectivity index (χ4v) is 3.67. The summed E-state index contributed by atoms with van der Waals surface area (Å²) < 4.78 is 16.2. The first kappa shape index (κ1) is 19.4. The molecule has 7 nitrogen and oxygen atoms in total. The molecule has 1 fully saturated rings. The van der Waals surface area contributed by atoms with Gasteiger partial charge in [-0.15, -0.1) is 0 Å². The first-order valence-corrected chi connectivity index (χ1v) is 9.16. The lowest BCUT2D eigenvalue weighted by molar-refractivity contribution is 0.178. The van der Waals surface area contributed by atoms with Gasteiger partial charge in [-0.3, -0.25) is 9.69 Å². The summed E-state index contributed by atoms with van der Waals surface area (Å²) in [5.74, 6) is 2.57. The van der Waals surface area contributed by atoms with Crippen LogP contribution in [0.15, 0.2) is 29.1 Å². The van der Waals surface area contributed by atoms with Gasteiger partial charge in [0.05, 0.1) is 32.1 Å². The zero-order chi connectivity index (χ0) is 19.2. The minimum Gasteiger partial charge on any atom is -0.496 e. The van der Waals surface area contributed by atoms with Gasteiger partial charge in [0.25, 0.3) is 5.56 Å². The summed E-state index contributed by atoms with van der Waals surface area (Å²) >= 11 is 0. The molecule has 0 bridgehead atoms. The Morgan fingerprint density at radius 2 is 1.96 bits per heavy atom. The predicted octanol–water partition coefficient (Wildman–Crippen LogP) is 2.31. The maximum Gasteiger partial charge on any atom is 0.251 e. The van der Waals surface area contributed by atoms with Crippen LogP contribution >= 0.6 is 0 Å². The van der Waals surface area contributed by atoms with Crippen molar-refractivity contribution < 1.29 is 14.2 Å². The third kappa shape index (κ3) is 4.67. The Hall–Kier alpha value is -2.38. The lowest BCUT2D eigenvalue weighted by Crippen LogP contribution is -2.35. The molecular formula is C20H27N3O4. The summed E-state index contributed by atoms with van der Waals surface area (Å²) in [6.07, 6.45) is 2.04. The van der Waals surface area contributed by atoms with E-state index in [0.29, 0.717) is 12.3 Å². The Morgan fingerprint density at radius 1 is 1.22 bits per heavy atom. The highest BCUT2D eigenvalue weighted by molar-refractivity contribution is 5.44. The molecule has 1 atom stereocenters. The van der Waals surface area contributed by atoms with Crippen LogP contribution in [0.5, 0.6) is 11.5 Å². The Bertz CT molecular complexity index is 799. The van der Waals surface area contributed by atoms with E-state index in [4.69, 9.17) is 14.2 Å². The van der Waals surface area contributed by atoms with Crippen molar-refractivity contribution in [2.45, 2.75) is 31.9 Å². The van der Waals surface area contributed by atoms with Crippen LogP contribution < -0.4 is 15.0 Å². The van der Waals surface area contributed by atoms with Crippen molar-refractivity contribution in [2.75, 3.05) is 34.4 Å². The van der Waals surface area contributed by atoms with Crippen LogP contribution in [0.3, 0.4) is 0 Å². The molecule has 0 unspecified atom stereocenters. The van der Waals surface area contributed by atoms with E-state index in [2.05, 4.69) is 14.9 Å². The number of aromatic amines is 1. The summed E-state index contributed by atoms with van der Waals surface area (Å²) in [5, 5.41) is 0. The Labute approximate surface area is 159 Å². The van der Waals surface area contributed by atoms with Gasteiger partial charge in [0.2, 0.25) is 0 Å². The normalized spacial score (nSPS) is 17.7. The van der Waals surface area contributed by atoms with Gasteiger partial charge in [0.15, 0.2) is 0 Å². The van der Waals surface area contributed by atoms with E-state index in [1.54, 1.807) is 21.3 Å². The molecule has 0 spiro atoms. The quantitative estimate of drug-likeness (QED) is 0.803. The second kappa shape index (κ2) is 9.01. The van der Waals surface area contributed by atoms with Crippen molar-refractivity contribution in [3.05, 3.63) is 51.7 Å². The van der Waals surface area contributed by atoms with Gasteiger partial charge in [-0.05, 0) is 31.5 Å². The third-order valence-corrected chi connectivity index (χ3v) is 4.91. The fourth-order valence-electron chi connectivity index (χ4n) is 3.67. The van der Waals surface area contributed by atoms with Crippen LogP contribution in [0, 0.1) is 0 Å². The molecule has 146 valence electrons. The molecule has 1 aromatic heterocycles. The van der Waals surface area contributed by atoms with Gasteiger partial charge in [-0.2, -0.15) is 0 Å². The number of hydrogen-bond donors (Lipinski definition) is 1. The molecule has 1 saturated heterocycles. The zero-order valence-electron chi connectivity index (χ0n) is 16.2. The average molecular weight is 373 g/mol. The number of nitrogens with zero attached hydrogens (tertiary/aromatic N) is 2. The lowest BCUT2D eigenvalue weighted by Gasteiger charge is -2.32. The molecule has 1 aliphatic rings. The summed E-state index contributed by atoms with van der Waals surface area (Å²) in [6.45, 7) is 2.87. The number of aromatic nitrogens is 2. The minimum atomic E-state index is -0.129. The van der Waals surface area contributed by atoms with Gasteiger partial charge in [0, 0.05) is 32.2 Å². The molecule has 3 rings (SSSR count). The number of hydrogen-bond acceptors (Lipinski definition) is 6. The van der Waals surface area contributed by atoms with Gasteiger partial charge in [0.1, 0.15) is 17.3 Å². The highest BCUT2D eigenvalue weighted by Crippen LogP contribution is 2.32. The van der Waals surface area contributed by atoms with Gasteiger partial charge < -0.3 is 19.2 Å². The smallest absolute Gasteiger partial charge is 0.251 e. The van der Waals surface area contributed by atoms with E-state index in [9.17, 15) is 4.79 Å². The second-order valence-corrected chi connectivity index (χ2v) is 6.77. The van der Waals surface area contributed by atoms with Crippen molar-refractivity contribution in [2.24, 2.45) is 0 Å². The van der Waals surface area contributed by atoms with Crippen molar-refractivity contribution in [3.8, 4) is 11.5 Å². The molecule has 0 saturated carbocycles. The molecule has 27 heavy (non-hydrogen) atoms. The lowest BCUT2D eigenvalue weighted by atomic mass is 9.96. The number of ether oxygens (including phenoxy) is 3. The summed E-state index contributed by atoms with van der Waals surface area (Å²) in [7, 11) is 4.95. The summed E-state index contributed by atoms with van der Waals surface area (Å²) in [4.78, 5) is 21.8. The van der Waals surface area contributed by atoms with Crippen LogP contribution in [0.1, 0.15) is 35.8 Å². The van der Waals surface area contributed by atoms with E-state index in [1.165, 1.54) is 6.07 Å². The maximum absolute atomic E-state index is 12.0. The fraction of sp³-hybridized carbons (Fsp3) is 0.500. The van der Waals surface area contributed by atoms with Crippen molar-refractivity contribution in [1.29, 1.82) is 0 Å². The van der Waals surface area contributed by atoms with Crippen LogP contribution in [-0.4, -0.2) is 49.3 Å². The maximum atomic E-state index is 12.0. The number of rotatable bonds is 7. The standard InChI is InChI=1S/C20H27N3O4/c1-25-13-15-10-19(24)22-20(21-15)14-6-5-9-23(11-14)12-16-17(26-2)7-4-8-18(16)27-3/h4,7-8,10,14H,5-6,9,11-13H2,1-3H3,(H,21,22,24)/t14-/m0/s1. The number of benzene rings is 1. The molecule has 0 amide bonds. The second-order valence-electron chi connectivity index (χ2n) is 6.77. The molecule has 0 aliphatic carbocycles. The minimum absolute atomic E-state index is 0.129. The first-order valence-electron chi connectivity index (χ1n) is 9.16. The first-order chi connectivity index (χ1) is 13.1. The average Bonchev–Trinajstić information content (AvgIpc) is 2.68. The number of methoxy groups -OCH3 is 3. The van der Waals surface area contributed by atoms with E-state index in [-0.39, 0.29) is 11.5 Å². The highest BCUT2D eigenvalue weighted by Gasteiger charge is 2.25. The number of piperidine rings is 1. The molecule has 1 aromatic carbocycles. The zero-order valence-corrected chi connectivity index (χ0v) is 16.2. The van der Waals surface area contributed by atoms with E-state index in [1.807, 2.05) is 18.2 Å². The Morgan fingerprint density at radius 3 is 2.63 bits per heavy atom. The Balaban J connectivity index is 1.79. The summed E-state index contributed by atoms with van der Waals surface area (Å²) in [6, 6.07) is 7.32. The Kier molecular flexibility index (Phi) is 6.47. The van der Waals surface area contributed by atoms with Gasteiger partial charge in [-0.25, -0.2) is 4.98 Å². The monoisotopic (exact) mass is 373 g/mol. The largest absolute Gasteiger partial charge is 0.496 e. The van der Waals surface area contributed by atoms with Gasteiger partial charge in [-0.1, -0.05) is 6.07 Å². The topological polar surface area (TPSA) is 76.7 Å². The highest BCUT2D eigenvalue weighted by atomic mass is 16.5. The van der Waals surface area contributed by atoms with Gasteiger partial charge >= 0.3 is 0 Å². The molecule has 1 aliphatic heterocycles. The molecular weight excluding hydrogens is 346 g/mol.